The van der Waals surface area contributed by atoms with Gasteiger partial charge in [0.15, 0.2) is 0 Å². The van der Waals surface area contributed by atoms with Crippen molar-refractivity contribution in [3.05, 3.63) is 51.2 Å². The van der Waals surface area contributed by atoms with Crippen LogP contribution < -0.4 is 0 Å². The highest BCUT2D eigenvalue weighted by Gasteiger charge is 1.98. The van der Waals surface area contributed by atoms with E-state index in [2.05, 4.69) is 64.5 Å². The fraction of sp³-hybridized carbons (Fsp3) is 0.0909. The fourth-order valence-corrected chi connectivity index (χ4v) is 2.54. The molecule has 13 heavy (non-hydrogen) atoms. The molecule has 0 fully saturated rings. The second-order valence-electron chi connectivity index (χ2n) is 2.85. The molecule has 0 amide bonds. The molecule has 0 nitrogen and oxygen atoms in total. The second-order valence-corrected chi connectivity index (χ2v) is 5.34. The van der Waals surface area contributed by atoms with Crippen LogP contribution in [0.4, 0.5) is 0 Å². The van der Waals surface area contributed by atoms with E-state index in [0.717, 1.165) is 0 Å². The van der Waals surface area contributed by atoms with Gasteiger partial charge in [-0.25, -0.2) is 0 Å². The molecule has 1 aliphatic carbocycles. The summed E-state index contributed by atoms with van der Waals surface area (Å²) in [4.78, 5) is 1.29. The molecule has 2 rings (SSSR count). The molecule has 1 aromatic heterocycles. The summed E-state index contributed by atoms with van der Waals surface area (Å²) in [5.74, 6) is 0.487. The largest absolute Gasteiger partial charge is 0.129 e. The molecule has 0 N–H and O–H groups in total. The molecule has 1 aromatic rings. The number of allylic oxidation sites excluding steroid dienone is 5. The maximum Gasteiger partial charge on any atom is 0.0704 e. The summed E-state index contributed by atoms with van der Waals surface area (Å²) >= 11 is 5.20. The lowest BCUT2D eigenvalue weighted by Gasteiger charge is -1.93. The summed E-state index contributed by atoms with van der Waals surface area (Å²) in [5, 5.41) is 0. The van der Waals surface area contributed by atoms with E-state index in [0.29, 0.717) is 5.92 Å². The SMILES string of the molecule is Brc1ccc(/C=C/C2C=CC=C2)s1. The van der Waals surface area contributed by atoms with Gasteiger partial charge < -0.3 is 0 Å². The van der Waals surface area contributed by atoms with E-state index in [9.17, 15) is 0 Å². The van der Waals surface area contributed by atoms with E-state index in [1.807, 2.05) is 0 Å². The normalized spacial score (nSPS) is 16.4. The molecule has 0 aromatic carbocycles. The van der Waals surface area contributed by atoms with Crippen LogP contribution in [0.3, 0.4) is 0 Å². The van der Waals surface area contributed by atoms with E-state index in [4.69, 9.17) is 0 Å². The molecular formula is C11H9BrS. The zero-order chi connectivity index (χ0) is 9.10. The minimum atomic E-state index is 0.487. The van der Waals surface area contributed by atoms with E-state index in [1.165, 1.54) is 8.66 Å². The second kappa shape index (κ2) is 4.07. The number of hydrogen-bond donors (Lipinski definition) is 0. The number of hydrogen-bond acceptors (Lipinski definition) is 1. The summed E-state index contributed by atoms with van der Waals surface area (Å²) in [5.41, 5.74) is 0. The first-order chi connectivity index (χ1) is 6.34. The van der Waals surface area contributed by atoms with Gasteiger partial charge in [0.1, 0.15) is 0 Å². The Balaban J connectivity index is 2.05. The Morgan fingerprint density at radius 3 is 2.62 bits per heavy atom. The average molecular weight is 253 g/mol. The predicted octanol–water partition coefficient (Wildman–Crippen LogP) is 4.27. The van der Waals surface area contributed by atoms with Crippen LogP contribution in [0.2, 0.25) is 0 Å². The Morgan fingerprint density at radius 2 is 2.00 bits per heavy atom. The average Bonchev–Trinajstić information content (AvgIpc) is 2.71. The first-order valence-corrected chi connectivity index (χ1v) is 5.74. The van der Waals surface area contributed by atoms with Crippen molar-refractivity contribution in [1.29, 1.82) is 0 Å². The third kappa shape index (κ3) is 2.42. The quantitative estimate of drug-likeness (QED) is 0.738. The van der Waals surface area contributed by atoms with Crippen molar-refractivity contribution in [3.8, 4) is 0 Å². The third-order valence-corrected chi connectivity index (χ3v) is 3.44. The van der Waals surface area contributed by atoms with Gasteiger partial charge in [-0.05, 0) is 34.1 Å². The summed E-state index contributed by atoms with van der Waals surface area (Å²) in [6.45, 7) is 0. The van der Waals surface area contributed by atoms with Crippen LogP contribution in [0.5, 0.6) is 0 Å². The molecule has 0 atom stereocenters. The zero-order valence-electron chi connectivity index (χ0n) is 6.98. The van der Waals surface area contributed by atoms with Gasteiger partial charge in [0.2, 0.25) is 0 Å². The van der Waals surface area contributed by atoms with Gasteiger partial charge >= 0.3 is 0 Å². The smallest absolute Gasteiger partial charge is 0.0704 e. The van der Waals surface area contributed by atoms with E-state index in [-0.39, 0.29) is 0 Å². The first kappa shape index (κ1) is 8.97. The molecule has 0 unspecified atom stereocenters. The Morgan fingerprint density at radius 1 is 1.23 bits per heavy atom. The standard InChI is InChI=1S/C11H9BrS/c12-11-8-7-10(13-11)6-5-9-3-1-2-4-9/h1-9H/b6-5+. The van der Waals surface area contributed by atoms with Gasteiger partial charge in [0, 0.05) is 10.8 Å². The highest BCUT2D eigenvalue weighted by atomic mass is 79.9. The van der Waals surface area contributed by atoms with Gasteiger partial charge in [-0.3, -0.25) is 0 Å². The summed E-state index contributed by atoms with van der Waals surface area (Å²) in [6.07, 6.45) is 12.9. The molecule has 0 saturated heterocycles. The highest BCUT2D eigenvalue weighted by Crippen LogP contribution is 2.24. The Kier molecular flexibility index (Phi) is 2.81. The molecular weight excluding hydrogens is 244 g/mol. The van der Waals surface area contributed by atoms with Crippen molar-refractivity contribution in [1.82, 2.24) is 0 Å². The van der Waals surface area contributed by atoms with Gasteiger partial charge in [-0.15, -0.1) is 11.3 Å². The van der Waals surface area contributed by atoms with Gasteiger partial charge in [-0.1, -0.05) is 30.4 Å². The predicted molar refractivity (Wildman–Crippen MR) is 62.8 cm³/mol. The van der Waals surface area contributed by atoms with Crippen molar-refractivity contribution in [2.75, 3.05) is 0 Å². The summed E-state index contributed by atoms with van der Waals surface area (Å²) in [7, 11) is 0. The summed E-state index contributed by atoms with van der Waals surface area (Å²) < 4.78 is 1.18. The summed E-state index contributed by atoms with van der Waals surface area (Å²) in [6, 6.07) is 4.19. The van der Waals surface area contributed by atoms with Crippen molar-refractivity contribution in [2.24, 2.45) is 5.92 Å². The van der Waals surface area contributed by atoms with E-state index in [1.54, 1.807) is 11.3 Å². The van der Waals surface area contributed by atoms with Crippen LogP contribution in [-0.4, -0.2) is 0 Å². The monoisotopic (exact) mass is 252 g/mol. The molecule has 0 radical (unpaired) electrons. The number of rotatable bonds is 2. The fourth-order valence-electron chi connectivity index (χ4n) is 1.20. The van der Waals surface area contributed by atoms with E-state index >= 15 is 0 Å². The maximum atomic E-state index is 3.44. The van der Waals surface area contributed by atoms with E-state index < -0.39 is 0 Å². The minimum Gasteiger partial charge on any atom is -0.129 e. The lowest BCUT2D eigenvalue weighted by Crippen LogP contribution is -1.78. The third-order valence-electron chi connectivity index (χ3n) is 1.85. The van der Waals surface area contributed by atoms with Crippen molar-refractivity contribution >= 4 is 33.3 Å². The van der Waals surface area contributed by atoms with Crippen molar-refractivity contribution < 1.29 is 0 Å². The molecule has 2 heteroatoms. The van der Waals surface area contributed by atoms with Crippen molar-refractivity contribution in [2.45, 2.75) is 0 Å². The van der Waals surface area contributed by atoms with Crippen LogP contribution in [0.25, 0.3) is 6.08 Å². The zero-order valence-corrected chi connectivity index (χ0v) is 9.38. The Labute approximate surface area is 90.4 Å². The molecule has 1 heterocycles. The number of halogens is 1. The van der Waals surface area contributed by atoms with Crippen LogP contribution >= 0.6 is 27.3 Å². The molecule has 0 spiro atoms. The maximum absolute atomic E-state index is 3.44. The van der Waals surface area contributed by atoms with Crippen molar-refractivity contribution in [3.63, 3.8) is 0 Å². The van der Waals surface area contributed by atoms with Crippen LogP contribution in [0, 0.1) is 5.92 Å². The first-order valence-electron chi connectivity index (χ1n) is 4.13. The van der Waals surface area contributed by atoms with Gasteiger partial charge in [-0.2, -0.15) is 0 Å². The molecule has 0 aliphatic heterocycles. The minimum absolute atomic E-state index is 0.487. The molecule has 0 saturated carbocycles. The lowest BCUT2D eigenvalue weighted by atomic mass is 10.1. The molecule has 1 aliphatic rings. The topological polar surface area (TPSA) is 0 Å². The van der Waals surface area contributed by atoms with Crippen LogP contribution in [0.15, 0.2) is 46.3 Å². The highest BCUT2D eigenvalue weighted by molar-refractivity contribution is 9.11. The van der Waals surface area contributed by atoms with Crippen LogP contribution in [0.1, 0.15) is 4.88 Å². The van der Waals surface area contributed by atoms with Gasteiger partial charge in [0.25, 0.3) is 0 Å². The Hall–Kier alpha value is -0.600. The Bertz CT molecular complexity index is 359. The number of thiophene rings is 1. The molecule has 66 valence electrons. The van der Waals surface area contributed by atoms with Crippen LogP contribution in [-0.2, 0) is 0 Å². The molecule has 0 bridgehead atoms. The van der Waals surface area contributed by atoms with Gasteiger partial charge in [0.05, 0.1) is 3.79 Å². The lowest BCUT2D eigenvalue weighted by molar-refractivity contribution is 1.10.